The van der Waals surface area contributed by atoms with E-state index in [1.54, 1.807) is 0 Å². The second kappa shape index (κ2) is 11.9. The fourth-order valence-corrected chi connectivity index (χ4v) is 8.80. The third kappa shape index (κ3) is 4.40. The van der Waals surface area contributed by atoms with Crippen molar-refractivity contribution >= 4 is 10.8 Å². The lowest BCUT2D eigenvalue weighted by molar-refractivity contribution is 0.436. The molecule has 1 spiro atoms. The van der Waals surface area contributed by atoms with Crippen molar-refractivity contribution < 1.29 is 4.74 Å². The summed E-state index contributed by atoms with van der Waals surface area (Å²) in [6, 6.07) is 66.1. The molecule has 0 fully saturated rings. The summed E-state index contributed by atoms with van der Waals surface area (Å²) in [4.78, 5) is 15.2. The van der Waals surface area contributed by atoms with Gasteiger partial charge in [-0.1, -0.05) is 176 Å². The normalized spacial score (nSPS) is 13.1. The van der Waals surface area contributed by atoms with E-state index in [9.17, 15) is 0 Å². The average molecular weight is 690 g/mol. The molecule has 0 amide bonds. The Balaban J connectivity index is 1.16. The van der Waals surface area contributed by atoms with Crippen molar-refractivity contribution in [3.05, 3.63) is 210 Å². The van der Waals surface area contributed by atoms with Gasteiger partial charge in [-0.25, -0.2) is 15.0 Å². The van der Waals surface area contributed by atoms with Gasteiger partial charge in [0.15, 0.2) is 17.5 Å². The largest absolute Gasteiger partial charge is 0.457 e. The highest BCUT2D eigenvalue weighted by molar-refractivity contribution is 6.07. The molecule has 11 rings (SSSR count). The first-order chi connectivity index (χ1) is 26.8. The minimum Gasteiger partial charge on any atom is -0.457 e. The molecule has 0 atom stereocenters. The van der Waals surface area contributed by atoms with Crippen LogP contribution >= 0.6 is 0 Å². The number of benzene rings is 8. The molecule has 1 aromatic heterocycles. The van der Waals surface area contributed by atoms with E-state index in [-0.39, 0.29) is 0 Å². The molecular weight excluding hydrogens is 659 g/mol. The summed E-state index contributed by atoms with van der Waals surface area (Å²) < 4.78 is 6.58. The quantitative estimate of drug-likeness (QED) is 0.185. The van der Waals surface area contributed by atoms with E-state index in [4.69, 9.17) is 19.7 Å². The molecule has 8 aromatic carbocycles. The van der Waals surface area contributed by atoms with Gasteiger partial charge in [0, 0.05) is 27.8 Å². The van der Waals surface area contributed by atoms with Gasteiger partial charge in [-0.2, -0.15) is 0 Å². The van der Waals surface area contributed by atoms with E-state index in [1.807, 2.05) is 60.7 Å². The summed E-state index contributed by atoms with van der Waals surface area (Å²) in [5.74, 6) is 3.71. The Morgan fingerprint density at radius 3 is 1.41 bits per heavy atom. The van der Waals surface area contributed by atoms with Crippen molar-refractivity contribution in [3.63, 3.8) is 0 Å². The number of hydrogen-bond acceptors (Lipinski definition) is 4. The Morgan fingerprint density at radius 1 is 0.315 bits per heavy atom. The first kappa shape index (κ1) is 30.5. The minimum atomic E-state index is -0.532. The number of ether oxygens (including phenoxy) is 1. The number of rotatable bonds is 4. The predicted molar refractivity (Wildman–Crippen MR) is 216 cm³/mol. The maximum Gasteiger partial charge on any atom is 0.164 e. The molecule has 1 aliphatic carbocycles. The van der Waals surface area contributed by atoms with Crippen LogP contribution in [0.3, 0.4) is 0 Å². The smallest absolute Gasteiger partial charge is 0.164 e. The Hall–Kier alpha value is -7.17. The third-order valence-corrected chi connectivity index (χ3v) is 11.0. The average Bonchev–Trinajstić information content (AvgIpc) is 3.54. The molecule has 0 radical (unpaired) electrons. The number of para-hydroxylation sites is 2. The van der Waals surface area contributed by atoms with Gasteiger partial charge < -0.3 is 4.74 Å². The standard InChI is InChI=1S/C50H31N3O/c1-3-16-32(17-4-1)47-51-48(33-18-5-2-6-19-33)53-49(52-47)38-25-14-21-34-35(22-13-23-36(34)38)37-24-15-29-43-46(37)39-20-7-8-26-40(39)50(43)41-27-9-11-30-44(41)54-45-31-12-10-28-42(45)50/h1-31H. The Morgan fingerprint density at radius 2 is 0.759 bits per heavy atom. The second-order valence-corrected chi connectivity index (χ2v) is 13.9. The van der Waals surface area contributed by atoms with E-state index in [0.29, 0.717) is 17.5 Å². The predicted octanol–water partition coefficient (Wildman–Crippen LogP) is 12.2. The zero-order valence-corrected chi connectivity index (χ0v) is 29.1. The van der Waals surface area contributed by atoms with Crippen LogP contribution in [0.5, 0.6) is 11.5 Å². The molecule has 9 aromatic rings. The fourth-order valence-electron chi connectivity index (χ4n) is 8.80. The first-order valence-electron chi connectivity index (χ1n) is 18.3. The Bertz CT molecular complexity index is 2820. The number of fused-ring (bicyclic) bond motifs is 10. The SMILES string of the molecule is c1ccc(-c2nc(-c3ccccc3)nc(-c3cccc4c(-c5cccc6c5-c5ccccc5C65c6ccccc6Oc6ccccc65)cccc34)n2)cc1. The van der Waals surface area contributed by atoms with Gasteiger partial charge in [-0.15, -0.1) is 0 Å². The van der Waals surface area contributed by atoms with E-state index < -0.39 is 5.41 Å². The van der Waals surface area contributed by atoms with Gasteiger partial charge in [0.25, 0.3) is 0 Å². The van der Waals surface area contributed by atoms with Crippen molar-refractivity contribution in [2.75, 3.05) is 0 Å². The summed E-state index contributed by atoms with van der Waals surface area (Å²) in [5.41, 5.74) is 12.0. The highest BCUT2D eigenvalue weighted by atomic mass is 16.5. The highest BCUT2D eigenvalue weighted by Gasteiger charge is 2.51. The summed E-state index contributed by atoms with van der Waals surface area (Å²) in [7, 11) is 0. The maximum absolute atomic E-state index is 6.58. The molecule has 2 heterocycles. The maximum atomic E-state index is 6.58. The number of aromatic nitrogens is 3. The summed E-state index contributed by atoms with van der Waals surface area (Å²) in [6.45, 7) is 0. The molecule has 0 N–H and O–H groups in total. The van der Waals surface area contributed by atoms with Crippen LogP contribution in [0.1, 0.15) is 22.3 Å². The summed E-state index contributed by atoms with van der Waals surface area (Å²) in [6.07, 6.45) is 0. The van der Waals surface area contributed by atoms with Crippen molar-refractivity contribution in [3.8, 4) is 67.9 Å². The number of nitrogens with zero attached hydrogens (tertiary/aromatic N) is 3. The summed E-state index contributed by atoms with van der Waals surface area (Å²) in [5, 5.41) is 2.22. The molecular formula is C50H31N3O. The molecule has 0 saturated carbocycles. The van der Waals surface area contributed by atoms with Crippen LogP contribution in [0.2, 0.25) is 0 Å². The van der Waals surface area contributed by atoms with E-state index in [2.05, 4.69) is 127 Å². The lowest BCUT2D eigenvalue weighted by atomic mass is 9.66. The highest BCUT2D eigenvalue weighted by Crippen LogP contribution is 2.63. The van der Waals surface area contributed by atoms with Crippen LogP contribution in [0, 0.1) is 0 Å². The lowest BCUT2D eigenvalue weighted by Crippen LogP contribution is -2.32. The van der Waals surface area contributed by atoms with Crippen LogP contribution < -0.4 is 4.74 Å². The van der Waals surface area contributed by atoms with Crippen LogP contribution in [0.4, 0.5) is 0 Å². The lowest BCUT2D eigenvalue weighted by Gasteiger charge is -2.39. The topological polar surface area (TPSA) is 47.9 Å². The van der Waals surface area contributed by atoms with Gasteiger partial charge >= 0.3 is 0 Å². The molecule has 4 heteroatoms. The van der Waals surface area contributed by atoms with Gasteiger partial charge in [0.1, 0.15) is 11.5 Å². The number of hydrogen-bond donors (Lipinski definition) is 0. The molecule has 54 heavy (non-hydrogen) atoms. The van der Waals surface area contributed by atoms with Crippen LogP contribution in [-0.4, -0.2) is 15.0 Å². The second-order valence-electron chi connectivity index (χ2n) is 13.9. The van der Waals surface area contributed by atoms with E-state index >= 15 is 0 Å². The molecule has 1 aliphatic heterocycles. The molecule has 4 nitrogen and oxygen atoms in total. The molecule has 0 bridgehead atoms. The Labute approximate surface area is 313 Å². The van der Waals surface area contributed by atoms with Crippen molar-refractivity contribution in [2.45, 2.75) is 5.41 Å². The van der Waals surface area contributed by atoms with E-state index in [1.165, 1.54) is 27.8 Å². The molecule has 0 saturated heterocycles. The van der Waals surface area contributed by atoms with Gasteiger partial charge in [0.2, 0.25) is 0 Å². The zero-order valence-electron chi connectivity index (χ0n) is 29.1. The summed E-state index contributed by atoms with van der Waals surface area (Å²) >= 11 is 0. The van der Waals surface area contributed by atoms with Crippen molar-refractivity contribution in [1.82, 2.24) is 15.0 Å². The van der Waals surface area contributed by atoms with Crippen molar-refractivity contribution in [2.24, 2.45) is 0 Å². The fraction of sp³-hybridized carbons (Fsp3) is 0.0200. The molecule has 252 valence electrons. The Kier molecular flexibility index (Phi) is 6.73. The van der Waals surface area contributed by atoms with Crippen LogP contribution in [0.25, 0.3) is 67.2 Å². The van der Waals surface area contributed by atoms with Crippen LogP contribution in [-0.2, 0) is 5.41 Å². The van der Waals surface area contributed by atoms with Gasteiger partial charge in [-0.3, -0.25) is 0 Å². The van der Waals surface area contributed by atoms with Crippen molar-refractivity contribution in [1.29, 1.82) is 0 Å². The monoisotopic (exact) mass is 689 g/mol. The van der Waals surface area contributed by atoms with E-state index in [0.717, 1.165) is 55.7 Å². The zero-order chi connectivity index (χ0) is 35.6. The minimum absolute atomic E-state index is 0.532. The third-order valence-electron chi connectivity index (χ3n) is 11.0. The first-order valence-corrected chi connectivity index (χ1v) is 18.3. The molecule has 0 unspecified atom stereocenters. The van der Waals surface area contributed by atoms with Gasteiger partial charge in [0.05, 0.1) is 5.41 Å². The van der Waals surface area contributed by atoms with Crippen LogP contribution in [0.15, 0.2) is 188 Å². The molecule has 2 aliphatic rings. The van der Waals surface area contributed by atoms with Gasteiger partial charge in [-0.05, 0) is 56.3 Å².